The molecule has 0 aromatic heterocycles. The maximum absolute atomic E-state index is 11.8. The van der Waals surface area contributed by atoms with Gasteiger partial charge in [0.15, 0.2) is 18.1 Å². The highest BCUT2D eigenvalue weighted by Gasteiger charge is 2.05. The average molecular weight is 342 g/mol. The molecule has 0 saturated heterocycles. The third kappa shape index (κ3) is 5.53. The maximum Gasteiger partial charge on any atom is 0.277 e. The lowest BCUT2D eigenvalue weighted by Gasteiger charge is -2.09. The lowest BCUT2D eigenvalue weighted by Crippen LogP contribution is -2.24. The Hall–Kier alpha value is -3.02. The Morgan fingerprint density at radius 2 is 1.96 bits per heavy atom. The van der Waals surface area contributed by atoms with E-state index in [1.54, 1.807) is 12.1 Å². The van der Waals surface area contributed by atoms with Gasteiger partial charge in [-0.25, -0.2) is 5.43 Å². The number of phenolic OH excluding ortho intramolecular Hbond substituents is 1. The molecule has 6 heteroatoms. The van der Waals surface area contributed by atoms with Crippen LogP contribution in [0.3, 0.4) is 0 Å². The molecule has 0 unspecified atom stereocenters. The first kappa shape index (κ1) is 18.3. The minimum atomic E-state index is -0.360. The van der Waals surface area contributed by atoms with E-state index in [9.17, 15) is 9.90 Å². The molecule has 2 rings (SSSR count). The highest BCUT2D eigenvalue weighted by atomic mass is 16.5. The Kier molecular flexibility index (Phi) is 6.39. The monoisotopic (exact) mass is 342 g/mol. The third-order valence-electron chi connectivity index (χ3n) is 3.39. The van der Waals surface area contributed by atoms with E-state index in [-0.39, 0.29) is 18.3 Å². The van der Waals surface area contributed by atoms with Crippen molar-refractivity contribution in [2.24, 2.45) is 5.10 Å². The Bertz CT molecular complexity index is 772. The first-order chi connectivity index (χ1) is 12.0. The van der Waals surface area contributed by atoms with Gasteiger partial charge in [0, 0.05) is 0 Å². The van der Waals surface area contributed by atoms with Gasteiger partial charge in [0.1, 0.15) is 5.75 Å². The summed E-state index contributed by atoms with van der Waals surface area (Å²) in [5.74, 6) is 0.751. The van der Waals surface area contributed by atoms with E-state index in [1.165, 1.54) is 12.3 Å². The summed E-state index contributed by atoms with van der Waals surface area (Å²) in [6.45, 7) is 6.04. The minimum absolute atomic E-state index is 0.0601. The van der Waals surface area contributed by atoms with Gasteiger partial charge >= 0.3 is 0 Å². The lowest BCUT2D eigenvalue weighted by atomic mass is 10.1. The number of benzene rings is 2. The van der Waals surface area contributed by atoms with Crippen LogP contribution >= 0.6 is 0 Å². The molecule has 2 N–H and O–H groups in total. The van der Waals surface area contributed by atoms with Crippen LogP contribution in [0.4, 0.5) is 0 Å². The van der Waals surface area contributed by atoms with Crippen molar-refractivity contribution in [2.45, 2.75) is 20.8 Å². The number of aromatic hydroxyl groups is 1. The van der Waals surface area contributed by atoms with Crippen LogP contribution in [0.15, 0.2) is 41.5 Å². The molecule has 0 spiro atoms. The topological polar surface area (TPSA) is 80.2 Å². The number of amides is 1. The number of nitrogens with zero attached hydrogens (tertiary/aromatic N) is 1. The average Bonchev–Trinajstić information content (AvgIpc) is 2.59. The van der Waals surface area contributed by atoms with Crippen molar-refractivity contribution in [3.8, 4) is 17.2 Å². The molecule has 25 heavy (non-hydrogen) atoms. The largest absolute Gasteiger partial charge is 0.504 e. The van der Waals surface area contributed by atoms with Gasteiger partial charge in [0.2, 0.25) is 0 Å². The zero-order chi connectivity index (χ0) is 18.2. The zero-order valence-electron chi connectivity index (χ0n) is 14.6. The number of aryl methyl sites for hydroxylation is 2. The standard InChI is InChI=1S/C19H22N2O4/c1-4-24-18-10-15(7-8-16(18)22)11-20-21-19(23)12-25-17-9-13(2)5-6-14(17)3/h5-11,22H,4,12H2,1-3H3,(H,21,23). The Morgan fingerprint density at radius 3 is 2.72 bits per heavy atom. The molecular formula is C19H22N2O4. The predicted octanol–water partition coefficient (Wildman–Crippen LogP) is 2.94. The van der Waals surface area contributed by atoms with E-state index >= 15 is 0 Å². The van der Waals surface area contributed by atoms with Gasteiger partial charge in [-0.2, -0.15) is 5.10 Å². The first-order valence-electron chi connectivity index (χ1n) is 7.97. The zero-order valence-corrected chi connectivity index (χ0v) is 14.6. The molecule has 0 aliphatic carbocycles. The summed E-state index contributed by atoms with van der Waals surface area (Å²) in [5.41, 5.74) is 5.13. The van der Waals surface area contributed by atoms with Crippen LogP contribution in [-0.4, -0.2) is 30.4 Å². The van der Waals surface area contributed by atoms with Crippen molar-refractivity contribution in [3.63, 3.8) is 0 Å². The molecule has 0 atom stereocenters. The van der Waals surface area contributed by atoms with Gasteiger partial charge in [-0.3, -0.25) is 4.79 Å². The number of nitrogens with one attached hydrogen (secondary N) is 1. The summed E-state index contributed by atoms with van der Waals surface area (Å²) in [5, 5.41) is 13.5. The second-order valence-corrected chi connectivity index (χ2v) is 5.51. The van der Waals surface area contributed by atoms with Gasteiger partial charge in [-0.1, -0.05) is 12.1 Å². The molecule has 0 saturated carbocycles. The van der Waals surface area contributed by atoms with Crippen molar-refractivity contribution < 1.29 is 19.4 Å². The molecule has 0 bridgehead atoms. The van der Waals surface area contributed by atoms with Crippen LogP contribution in [0.25, 0.3) is 0 Å². The van der Waals surface area contributed by atoms with Crippen LogP contribution < -0.4 is 14.9 Å². The third-order valence-corrected chi connectivity index (χ3v) is 3.39. The Morgan fingerprint density at radius 1 is 1.16 bits per heavy atom. The molecule has 1 amide bonds. The summed E-state index contributed by atoms with van der Waals surface area (Å²) in [6.07, 6.45) is 1.47. The van der Waals surface area contributed by atoms with Crippen molar-refractivity contribution in [3.05, 3.63) is 53.1 Å². The number of carbonyl (C=O) groups excluding carboxylic acids is 1. The number of ether oxygens (including phenoxy) is 2. The molecule has 132 valence electrons. The van der Waals surface area contributed by atoms with Crippen molar-refractivity contribution in [2.75, 3.05) is 13.2 Å². The highest BCUT2D eigenvalue weighted by molar-refractivity contribution is 5.83. The summed E-state index contributed by atoms with van der Waals surface area (Å²) in [7, 11) is 0. The quantitative estimate of drug-likeness (QED) is 0.599. The summed E-state index contributed by atoms with van der Waals surface area (Å²) < 4.78 is 10.8. The number of rotatable bonds is 7. The predicted molar refractivity (Wildman–Crippen MR) is 96.4 cm³/mol. The van der Waals surface area contributed by atoms with E-state index in [1.807, 2.05) is 39.0 Å². The Labute approximate surface area is 147 Å². The molecule has 2 aromatic carbocycles. The molecule has 0 heterocycles. The number of hydrazone groups is 1. The second kappa shape index (κ2) is 8.73. The molecule has 0 aliphatic heterocycles. The van der Waals surface area contributed by atoms with Gasteiger partial charge in [-0.05, 0) is 61.7 Å². The number of hydrogen-bond donors (Lipinski definition) is 2. The molecular weight excluding hydrogens is 320 g/mol. The molecule has 0 fully saturated rings. The van der Waals surface area contributed by atoms with Crippen LogP contribution in [0.5, 0.6) is 17.2 Å². The molecule has 0 aliphatic rings. The number of carbonyl (C=O) groups is 1. The van der Waals surface area contributed by atoms with Gasteiger partial charge in [0.05, 0.1) is 12.8 Å². The van der Waals surface area contributed by atoms with Crippen LogP contribution in [0.2, 0.25) is 0 Å². The van der Waals surface area contributed by atoms with E-state index in [2.05, 4.69) is 10.5 Å². The molecule has 0 radical (unpaired) electrons. The smallest absolute Gasteiger partial charge is 0.277 e. The van der Waals surface area contributed by atoms with Gasteiger partial charge < -0.3 is 14.6 Å². The SMILES string of the molecule is CCOc1cc(C=NNC(=O)COc2cc(C)ccc2C)ccc1O. The normalized spacial score (nSPS) is 10.7. The van der Waals surface area contributed by atoms with Gasteiger partial charge in [-0.15, -0.1) is 0 Å². The van der Waals surface area contributed by atoms with E-state index in [0.29, 0.717) is 23.7 Å². The van der Waals surface area contributed by atoms with E-state index < -0.39 is 0 Å². The lowest BCUT2D eigenvalue weighted by molar-refractivity contribution is -0.123. The highest BCUT2D eigenvalue weighted by Crippen LogP contribution is 2.26. The summed E-state index contributed by atoms with van der Waals surface area (Å²) >= 11 is 0. The van der Waals surface area contributed by atoms with Gasteiger partial charge in [0.25, 0.3) is 5.91 Å². The summed E-state index contributed by atoms with van der Waals surface area (Å²) in [4.78, 5) is 11.8. The number of hydrogen-bond acceptors (Lipinski definition) is 5. The van der Waals surface area contributed by atoms with Crippen molar-refractivity contribution >= 4 is 12.1 Å². The minimum Gasteiger partial charge on any atom is -0.504 e. The Balaban J connectivity index is 1.88. The van der Waals surface area contributed by atoms with Crippen molar-refractivity contribution in [1.29, 1.82) is 0 Å². The fraction of sp³-hybridized carbons (Fsp3) is 0.263. The van der Waals surface area contributed by atoms with E-state index in [0.717, 1.165) is 11.1 Å². The summed E-state index contributed by atoms with van der Waals surface area (Å²) in [6, 6.07) is 10.6. The first-order valence-corrected chi connectivity index (χ1v) is 7.97. The second-order valence-electron chi connectivity index (χ2n) is 5.51. The fourth-order valence-electron chi connectivity index (χ4n) is 2.10. The van der Waals surface area contributed by atoms with Crippen LogP contribution in [-0.2, 0) is 4.79 Å². The van der Waals surface area contributed by atoms with Crippen molar-refractivity contribution in [1.82, 2.24) is 5.43 Å². The van der Waals surface area contributed by atoms with Crippen LogP contribution in [0.1, 0.15) is 23.6 Å². The fourth-order valence-corrected chi connectivity index (χ4v) is 2.10. The number of phenols is 1. The maximum atomic E-state index is 11.8. The molecule has 2 aromatic rings. The molecule has 6 nitrogen and oxygen atoms in total. The van der Waals surface area contributed by atoms with E-state index in [4.69, 9.17) is 9.47 Å². The van der Waals surface area contributed by atoms with Crippen LogP contribution in [0, 0.1) is 13.8 Å².